The Kier molecular flexibility index (Phi) is 11.0. The highest BCUT2D eigenvalue weighted by molar-refractivity contribution is 5.28. The standard InChI is InChI=1S/C30H48O/c1-3-5-7-25-8-10-26(11-9-25)12-13-27-14-16-28(17-15-27)18-19-29-20-22-30(23-21-29)31-24-6-4-2/h16,20-23,25-27H,3-15,17-19,24H2,1-2H3/t25-,26-,27?. The molecule has 3 rings (SSSR count). The molecule has 0 heterocycles. The van der Waals surface area contributed by atoms with Crippen LogP contribution in [0.2, 0.25) is 0 Å². The van der Waals surface area contributed by atoms with Crippen LogP contribution in [0.4, 0.5) is 0 Å². The van der Waals surface area contributed by atoms with Crippen LogP contribution in [0, 0.1) is 17.8 Å². The minimum Gasteiger partial charge on any atom is -0.494 e. The van der Waals surface area contributed by atoms with E-state index in [-0.39, 0.29) is 0 Å². The maximum absolute atomic E-state index is 5.78. The summed E-state index contributed by atoms with van der Waals surface area (Å²) < 4.78 is 5.78. The van der Waals surface area contributed by atoms with Crippen LogP contribution in [0.15, 0.2) is 35.9 Å². The van der Waals surface area contributed by atoms with Gasteiger partial charge in [0.2, 0.25) is 0 Å². The van der Waals surface area contributed by atoms with Crippen molar-refractivity contribution in [1.29, 1.82) is 0 Å². The fraction of sp³-hybridized carbons (Fsp3) is 0.733. The van der Waals surface area contributed by atoms with Gasteiger partial charge in [-0.25, -0.2) is 0 Å². The zero-order chi connectivity index (χ0) is 21.7. The van der Waals surface area contributed by atoms with E-state index in [1.54, 1.807) is 5.57 Å². The quantitative estimate of drug-likeness (QED) is 0.226. The third kappa shape index (κ3) is 9.03. The Morgan fingerprint density at radius 3 is 2.06 bits per heavy atom. The van der Waals surface area contributed by atoms with E-state index in [4.69, 9.17) is 4.74 Å². The molecule has 1 fully saturated rings. The molecule has 0 N–H and O–H groups in total. The van der Waals surface area contributed by atoms with E-state index in [0.717, 1.165) is 36.5 Å². The molecule has 1 nitrogen and oxygen atoms in total. The van der Waals surface area contributed by atoms with E-state index >= 15 is 0 Å². The van der Waals surface area contributed by atoms with Gasteiger partial charge in [0, 0.05) is 0 Å². The van der Waals surface area contributed by atoms with Crippen LogP contribution in [-0.4, -0.2) is 6.61 Å². The van der Waals surface area contributed by atoms with Gasteiger partial charge in [-0.15, -0.1) is 0 Å². The van der Waals surface area contributed by atoms with Crippen LogP contribution >= 0.6 is 0 Å². The molecule has 1 heteroatoms. The van der Waals surface area contributed by atoms with Gasteiger partial charge in [-0.2, -0.15) is 0 Å². The van der Waals surface area contributed by atoms with Gasteiger partial charge in [0.05, 0.1) is 6.61 Å². The van der Waals surface area contributed by atoms with E-state index in [2.05, 4.69) is 44.2 Å². The van der Waals surface area contributed by atoms with Gasteiger partial charge in [-0.1, -0.05) is 95.4 Å². The molecule has 0 aromatic heterocycles. The lowest BCUT2D eigenvalue weighted by Gasteiger charge is -2.30. The number of hydrogen-bond acceptors (Lipinski definition) is 1. The fourth-order valence-corrected chi connectivity index (χ4v) is 5.60. The number of allylic oxidation sites excluding steroid dienone is 2. The summed E-state index contributed by atoms with van der Waals surface area (Å²) in [4.78, 5) is 0. The lowest BCUT2D eigenvalue weighted by atomic mass is 9.76. The predicted molar refractivity (Wildman–Crippen MR) is 135 cm³/mol. The van der Waals surface area contributed by atoms with Crippen LogP contribution < -0.4 is 4.74 Å². The topological polar surface area (TPSA) is 9.23 Å². The third-order valence-electron chi connectivity index (χ3n) is 7.95. The summed E-state index contributed by atoms with van der Waals surface area (Å²) in [5.41, 5.74) is 3.15. The highest BCUT2D eigenvalue weighted by Gasteiger charge is 2.22. The highest BCUT2D eigenvalue weighted by Crippen LogP contribution is 2.37. The molecular weight excluding hydrogens is 376 g/mol. The molecule has 1 atom stereocenters. The number of hydrogen-bond donors (Lipinski definition) is 0. The van der Waals surface area contributed by atoms with Crippen molar-refractivity contribution >= 4 is 0 Å². The summed E-state index contributed by atoms with van der Waals surface area (Å²) >= 11 is 0. The number of unbranched alkanes of at least 4 members (excludes halogenated alkanes) is 2. The van der Waals surface area contributed by atoms with Crippen molar-refractivity contribution in [3.63, 3.8) is 0 Å². The highest BCUT2D eigenvalue weighted by atomic mass is 16.5. The van der Waals surface area contributed by atoms with Gasteiger partial charge in [0.1, 0.15) is 5.75 Å². The lowest BCUT2D eigenvalue weighted by Crippen LogP contribution is -2.16. The third-order valence-corrected chi connectivity index (χ3v) is 7.95. The zero-order valence-electron chi connectivity index (χ0n) is 20.5. The maximum Gasteiger partial charge on any atom is 0.119 e. The fourth-order valence-electron chi connectivity index (χ4n) is 5.60. The summed E-state index contributed by atoms with van der Waals surface area (Å²) in [5, 5.41) is 0. The molecule has 0 aliphatic heterocycles. The van der Waals surface area contributed by atoms with Crippen LogP contribution in [0.5, 0.6) is 5.75 Å². The monoisotopic (exact) mass is 424 g/mol. The van der Waals surface area contributed by atoms with Crippen molar-refractivity contribution in [2.24, 2.45) is 17.8 Å². The Bertz CT molecular complexity index is 620. The van der Waals surface area contributed by atoms with Crippen molar-refractivity contribution in [2.75, 3.05) is 6.61 Å². The molecular formula is C30H48O. The average Bonchev–Trinajstić information content (AvgIpc) is 2.82. The van der Waals surface area contributed by atoms with E-state index in [9.17, 15) is 0 Å². The van der Waals surface area contributed by atoms with Gasteiger partial charge in [0.15, 0.2) is 0 Å². The minimum atomic E-state index is 0.837. The predicted octanol–water partition coefficient (Wildman–Crippen LogP) is 9.30. The Labute approximate surface area is 193 Å². The van der Waals surface area contributed by atoms with Crippen molar-refractivity contribution in [3.05, 3.63) is 41.5 Å². The second-order valence-corrected chi connectivity index (χ2v) is 10.5. The van der Waals surface area contributed by atoms with Gasteiger partial charge in [-0.3, -0.25) is 0 Å². The Hall–Kier alpha value is -1.24. The lowest BCUT2D eigenvalue weighted by molar-refractivity contribution is 0.235. The van der Waals surface area contributed by atoms with E-state index in [1.165, 1.54) is 102 Å². The molecule has 1 saturated carbocycles. The summed E-state index contributed by atoms with van der Waals surface area (Å²) in [6.45, 7) is 5.37. The first-order valence-corrected chi connectivity index (χ1v) is 13.7. The summed E-state index contributed by atoms with van der Waals surface area (Å²) in [6, 6.07) is 8.80. The first-order chi connectivity index (χ1) is 15.3. The molecule has 1 aromatic carbocycles. The van der Waals surface area contributed by atoms with Crippen LogP contribution in [0.1, 0.15) is 116 Å². The largest absolute Gasteiger partial charge is 0.494 e. The number of rotatable bonds is 13. The van der Waals surface area contributed by atoms with Crippen LogP contribution in [-0.2, 0) is 6.42 Å². The molecule has 174 valence electrons. The molecule has 1 aromatic rings. The second-order valence-electron chi connectivity index (χ2n) is 10.5. The number of aryl methyl sites for hydroxylation is 1. The van der Waals surface area contributed by atoms with Crippen molar-refractivity contribution in [1.82, 2.24) is 0 Å². The Morgan fingerprint density at radius 2 is 1.42 bits per heavy atom. The van der Waals surface area contributed by atoms with E-state index in [0.29, 0.717) is 0 Å². The normalized spacial score (nSPS) is 24.1. The van der Waals surface area contributed by atoms with E-state index in [1.807, 2.05) is 0 Å². The van der Waals surface area contributed by atoms with Gasteiger partial charge in [-0.05, 0) is 80.4 Å². The molecule has 2 aliphatic carbocycles. The molecule has 0 radical (unpaired) electrons. The summed E-state index contributed by atoms with van der Waals surface area (Å²) in [5.74, 6) is 4.07. The smallest absolute Gasteiger partial charge is 0.119 e. The maximum atomic E-state index is 5.78. The van der Waals surface area contributed by atoms with Crippen molar-refractivity contribution in [2.45, 2.75) is 117 Å². The molecule has 0 saturated heterocycles. The number of ether oxygens (including phenoxy) is 1. The van der Waals surface area contributed by atoms with Crippen molar-refractivity contribution < 1.29 is 4.74 Å². The van der Waals surface area contributed by atoms with Crippen molar-refractivity contribution in [3.8, 4) is 5.75 Å². The second kappa shape index (κ2) is 14.0. The van der Waals surface area contributed by atoms with Crippen LogP contribution in [0.25, 0.3) is 0 Å². The molecule has 31 heavy (non-hydrogen) atoms. The average molecular weight is 425 g/mol. The molecule has 2 aliphatic rings. The molecule has 1 unspecified atom stereocenters. The molecule has 0 bridgehead atoms. The molecule has 0 amide bonds. The van der Waals surface area contributed by atoms with Gasteiger partial charge >= 0.3 is 0 Å². The SMILES string of the molecule is CCCCOc1ccc(CCC2=CCC(CC[C@H]3CC[C@H](CCCC)CC3)CC2)cc1. The Morgan fingerprint density at radius 1 is 0.742 bits per heavy atom. The summed E-state index contributed by atoms with van der Waals surface area (Å²) in [6.07, 6.45) is 24.8. The Balaban J connectivity index is 1.29. The first-order valence-electron chi connectivity index (χ1n) is 13.7. The zero-order valence-corrected chi connectivity index (χ0v) is 20.5. The summed E-state index contributed by atoms with van der Waals surface area (Å²) in [7, 11) is 0. The van der Waals surface area contributed by atoms with E-state index < -0.39 is 0 Å². The van der Waals surface area contributed by atoms with Crippen LogP contribution in [0.3, 0.4) is 0 Å². The first kappa shape index (κ1) is 24.4. The minimum absolute atomic E-state index is 0.837. The number of benzene rings is 1. The van der Waals surface area contributed by atoms with Gasteiger partial charge < -0.3 is 4.74 Å². The van der Waals surface area contributed by atoms with Gasteiger partial charge in [0.25, 0.3) is 0 Å². The molecule has 0 spiro atoms.